The van der Waals surface area contributed by atoms with Crippen molar-refractivity contribution in [3.05, 3.63) is 35.4 Å². The Hall–Kier alpha value is -0.860. The summed E-state index contributed by atoms with van der Waals surface area (Å²) in [5.41, 5.74) is 9.33. The summed E-state index contributed by atoms with van der Waals surface area (Å²) in [5.74, 6) is 0. The Labute approximate surface area is 111 Å². The molecule has 100 valence electrons. The molecule has 0 amide bonds. The van der Waals surface area contributed by atoms with Crippen molar-refractivity contribution in [2.75, 3.05) is 19.6 Å². The van der Waals surface area contributed by atoms with E-state index in [-0.39, 0.29) is 11.5 Å². The van der Waals surface area contributed by atoms with Gasteiger partial charge >= 0.3 is 0 Å². The van der Waals surface area contributed by atoms with Gasteiger partial charge in [0.2, 0.25) is 0 Å². The van der Waals surface area contributed by atoms with E-state index in [2.05, 4.69) is 49.9 Å². The number of rotatable bonds is 3. The average molecular weight is 246 g/mol. The summed E-state index contributed by atoms with van der Waals surface area (Å²) >= 11 is 0. The Balaban J connectivity index is 2.00. The van der Waals surface area contributed by atoms with Crippen LogP contribution >= 0.6 is 0 Å². The van der Waals surface area contributed by atoms with Gasteiger partial charge in [-0.3, -0.25) is 0 Å². The van der Waals surface area contributed by atoms with Crippen LogP contribution in [0.5, 0.6) is 0 Å². The number of nitrogens with zero attached hydrogens (tertiary/aromatic N) is 1. The van der Waals surface area contributed by atoms with Crippen LogP contribution in [-0.2, 0) is 12.8 Å². The zero-order valence-electron chi connectivity index (χ0n) is 11.9. The zero-order valence-corrected chi connectivity index (χ0v) is 11.9. The standard InChI is InChI=1S/C16H26N2/c1-13(17)16(2,3)12-18-10-8-14-6-4-5-7-15(14)9-11-18/h4-7,13H,8-12,17H2,1-3H3. The molecule has 1 aliphatic rings. The van der Waals surface area contributed by atoms with Gasteiger partial charge in [0.25, 0.3) is 0 Å². The second-order valence-electron chi connectivity index (χ2n) is 6.32. The molecule has 0 fully saturated rings. The molecule has 1 aromatic carbocycles. The molecule has 0 saturated carbocycles. The lowest BCUT2D eigenvalue weighted by atomic mass is 9.85. The van der Waals surface area contributed by atoms with Crippen LogP contribution in [0.2, 0.25) is 0 Å². The van der Waals surface area contributed by atoms with E-state index < -0.39 is 0 Å². The highest BCUT2D eigenvalue weighted by molar-refractivity contribution is 5.28. The van der Waals surface area contributed by atoms with E-state index in [0.717, 1.165) is 19.6 Å². The van der Waals surface area contributed by atoms with Crippen molar-refractivity contribution in [2.45, 2.75) is 39.7 Å². The fourth-order valence-corrected chi connectivity index (χ4v) is 2.59. The molecule has 0 aromatic heterocycles. The normalized spacial score (nSPS) is 19.1. The predicted molar refractivity (Wildman–Crippen MR) is 77.7 cm³/mol. The van der Waals surface area contributed by atoms with E-state index in [1.165, 1.54) is 24.0 Å². The quantitative estimate of drug-likeness (QED) is 0.887. The van der Waals surface area contributed by atoms with Gasteiger partial charge < -0.3 is 10.6 Å². The molecule has 2 heteroatoms. The fourth-order valence-electron chi connectivity index (χ4n) is 2.59. The molecule has 2 nitrogen and oxygen atoms in total. The minimum atomic E-state index is 0.191. The van der Waals surface area contributed by atoms with Crippen LogP contribution in [0.3, 0.4) is 0 Å². The fraction of sp³-hybridized carbons (Fsp3) is 0.625. The highest BCUT2D eigenvalue weighted by Crippen LogP contribution is 2.23. The Morgan fingerprint density at radius 2 is 1.67 bits per heavy atom. The van der Waals surface area contributed by atoms with Gasteiger partial charge in [0, 0.05) is 25.7 Å². The van der Waals surface area contributed by atoms with Crippen molar-refractivity contribution in [3.63, 3.8) is 0 Å². The highest BCUT2D eigenvalue weighted by Gasteiger charge is 2.26. The van der Waals surface area contributed by atoms with Crippen LogP contribution in [0, 0.1) is 5.41 Å². The molecule has 0 spiro atoms. The van der Waals surface area contributed by atoms with Crippen molar-refractivity contribution < 1.29 is 0 Å². The third kappa shape index (κ3) is 3.12. The van der Waals surface area contributed by atoms with Crippen molar-refractivity contribution in [2.24, 2.45) is 11.1 Å². The van der Waals surface area contributed by atoms with E-state index in [4.69, 9.17) is 5.73 Å². The molecule has 0 aliphatic carbocycles. The highest BCUT2D eigenvalue weighted by atomic mass is 15.1. The van der Waals surface area contributed by atoms with E-state index >= 15 is 0 Å². The Bertz CT molecular complexity index is 369. The lowest BCUT2D eigenvalue weighted by molar-refractivity contribution is 0.162. The molecule has 0 radical (unpaired) electrons. The van der Waals surface area contributed by atoms with Gasteiger partial charge in [-0.2, -0.15) is 0 Å². The monoisotopic (exact) mass is 246 g/mol. The summed E-state index contributed by atoms with van der Waals surface area (Å²) < 4.78 is 0. The first-order chi connectivity index (χ1) is 8.49. The SMILES string of the molecule is CC(N)C(C)(C)CN1CCc2ccccc2CC1. The minimum Gasteiger partial charge on any atom is -0.327 e. The van der Waals surface area contributed by atoms with E-state index in [1.54, 1.807) is 0 Å². The van der Waals surface area contributed by atoms with E-state index in [1.807, 2.05) is 0 Å². The van der Waals surface area contributed by atoms with Crippen LogP contribution in [0.15, 0.2) is 24.3 Å². The molecule has 2 rings (SSSR count). The Morgan fingerprint density at radius 1 is 1.17 bits per heavy atom. The molecular weight excluding hydrogens is 220 g/mol. The number of hydrogen-bond donors (Lipinski definition) is 1. The Kier molecular flexibility index (Phi) is 4.08. The number of fused-ring (bicyclic) bond motifs is 1. The smallest absolute Gasteiger partial charge is 0.00739 e. The van der Waals surface area contributed by atoms with Crippen LogP contribution in [0.4, 0.5) is 0 Å². The first-order valence-electron chi connectivity index (χ1n) is 7.04. The largest absolute Gasteiger partial charge is 0.327 e. The second-order valence-corrected chi connectivity index (χ2v) is 6.32. The summed E-state index contributed by atoms with van der Waals surface area (Å²) in [5, 5.41) is 0. The first-order valence-corrected chi connectivity index (χ1v) is 7.04. The third-order valence-electron chi connectivity index (χ3n) is 4.38. The van der Waals surface area contributed by atoms with Gasteiger partial charge in [-0.15, -0.1) is 0 Å². The first kappa shape index (κ1) is 13.6. The molecule has 0 saturated heterocycles. The number of benzene rings is 1. The van der Waals surface area contributed by atoms with Crippen molar-refractivity contribution in [3.8, 4) is 0 Å². The number of hydrogen-bond acceptors (Lipinski definition) is 2. The summed E-state index contributed by atoms with van der Waals surface area (Å²) in [6, 6.07) is 9.09. The summed E-state index contributed by atoms with van der Waals surface area (Å²) in [6.45, 7) is 10.1. The lowest BCUT2D eigenvalue weighted by Gasteiger charge is -2.35. The Morgan fingerprint density at radius 3 is 2.11 bits per heavy atom. The molecule has 18 heavy (non-hydrogen) atoms. The average Bonchev–Trinajstić information content (AvgIpc) is 2.52. The topological polar surface area (TPSA) is 29.3 Å². The molecule has 1 atom stereocenters. The maximum absolute atomic E-state index is 6.08. The van der Waals surface area contributed by atoms with Crippen LogP contribution in [-0.4, -0.2) is 30.6 Å². The summed E-state index contributed by atoms with van der Waals surface area (Å²) in [4.78, 5) is 2.57. The van der Waals surface area contributed by atoms with Gasteiger partial charge in [-0.25, -0.2) is 0 Å². The number of nitrogens with two attached hydrogens (primary N) is 1. The molecular formula is C16H26N2. The van der Waals surface area contributed by atoms with Crippen LogP contribution < -0.4 is 5.73 Å². The van der Waals surface area contributed by atoms with Crippen LogP contribution in [0.25, 0.3) is 0 Å². The molecule has 1 aromatic rings. The molecule has 0 bridgehead atoms. The molecule has 1 heterocycles. The van der Waals surface area contributed by atoms with Crippen molar-refractivity contribution in [1.29, 1.82) is 0 Å². The zero-order chi connectivity index (χ0) is 13.2. The predicted octanol–water partition coefficient (Wildman–Crippen LogP) is 2.46. The van der Waals surface area contributed by atoms with Gasteiger partial charge in [-0.05, 0) is 36.3 Å². The third-order valence-corrected chi connectivity index (χ3v) is 4.38. The summed E-state index contributed by atoms with van der Waals surface area (Å²) in [7, 11) is 0. The summed E-state index contributed by atoms with van der Waals surface area (Å²) in [6.07, 6.45) is 2.34. The van der Waals surface area contributed by atoms with Crippen LogP contribution in [0.1, 0.15) is 31.9 Å². The molecule has 2 N–H and O–H groups in total. The second kappa shape index (κ2) is 5.41. The van der Waals surface area contributed by atoms with Gasteiger partial charge in [0.15, 0.2) is 0 Å². The van der Waals surface area contributed by atoms with Gasteiger partial charge in [0.05, 0.1) is 0 Å². The van der Waals surface area contributed by atoms with Gasteiger partial charge in [0.1, 0.15) is 0 Å². The molecule has 1 aliphatic heterocycles. The lowest BCUT2D eigenvalue weighted by Crippen LogP contribution is -2.45. The maximum Gasteiger partial charge on any atom is 0.00739 e. The van der Waals surface area contributed by atoms with Crippen molar-refractivity contribution >= 4 is 0 Å². The maximum atomic E-state index is 6.08. The minimum absolute atomic E-state index is 0.191. The van der Waals surface area contributed by atoms with Gasteiger partial charge in [-0.1, -0.05) is 38.1 Å². The molecule has 1 unspecified atom stereocenters. The van der Waals surface area contributed by atoms with E-state index in [9.17, 15) is 0 Å². The van der Waals surface area contributed by atoms with Crippen molar-refractivity contribution in [1.82, 2.24) is 4.90 Å². The van der Waals surface area contributed by atoms with E-state index in [0.29, 0.717) is 0 Å².